The van der Waals surface area contributed by atoms with E-state index in [-0.39, 0.29) is 12.5 Å². The van der Waals surface area contributed by atoms with Gasteiger partial charge in [-0.05, 0) is 93.1 Å². The minimum absolute atomic E-state index is 0.118. The highest BCUT2D eigenvalue weighted by atomic mass is 16.5. The Bertz CT molecular complexity index is 1800. The number of hydrogen-bond donors (Lipinski definition) is 2. The van der Waals surface area contributed by atoms with Gasteiger partial charge in [0.2, 0.25) is 0 Å². The van der Waals surface area contributed by atoms with Gasteiger partial charge in [0, 0.05) is 41.3 Å². The van der Waals surface area contributed by atoms with E-state index in [0.717, 1.165) is 54.0 Å². The molecule has 2 fully saturated rings. The van der Waals surface area contributed by atoms with Crippen LogP contribution < -0.4 is 9.64 Å². The SMILES string of the molecule is CCN1CCC(N2CC=C(c3cc4c(-c5cccc(N6CCOc7cc(C8CC8)ccc7C6=O)c5CO)ncnc4[nH]3)CC2)CC1. The van der Waals surface area contributed by atoms with Crippen LogP contribution in [0.15, 0.2) is 54.9 Å². The number of carbonyl (C=O) groups excluding carboxylic acids is 1. The number of aliphatic hydroxyl groups is 1. The van der Waals surface area contributed by atoms with E-state index >= 15 is 0 Å². The van der Waals surface area contributed by atoms with E-state index in [9.17, 15) is 9.90 Å². The number of hydrogen-bond acceptors (Lipinski definition) is 7. The Kier molecular flexibility index (Phi) is 7.84. The van der Waals surface area contributed by atoms with E-state index in [4.69, 9.17) is 9.72 Å². The van der Waals surface area contributed by atoms with Crippen molar-refractivity contribution in [2.75, 3.05) is 50.8 Å². The number of rotatable bonds is 7. The maximum Gasteiger partial charge on any atom is 0.262 e. The van der Waals surface area contributed by atoms with Crippen molar-refractivity contribution in [2.45, 2.75) is 57.6 Å². The van der Waals surface area contributed by atoms with E-state index in [1.165, 1.54) is 49.9 Å². The van der Waals surface area contributed by atoms with E-state index in [1.54, 1.807) is 11.2 Å². The first-order chi connectivity index (χ1) is 22.6. The van der Waals surface area contributed by atoms with Crippen LogP contribution in [0, 0.1) is 0 Å². The van der Waals surface area contributed by atoms with Gasteiger partial charge in [-0.25, -0.2) is 9.97 Å². The molecule has 0 spiro atoms. The minimum Gasteiger partial charge on any atom is -0.491 e. The van der Waals surface area contributed by atoms with Gasteiger partial charge in [-0.2, -0.15) is 0 Å². The maximum absolute atomic E-state index is 13.9. The van der Waals surface area contributed by atoms with Crippen molar-refractivity contribution < 1.29 is 14.6 Å². The van der Waals surface area contributed by atoms with E-state index in [1.807, 2.05) is 30.3 Å². The molecule has 1 amide bonds. The summed E-state index contributed by atoms with van der Waals surface area (Å²) in [4.78, 5) is 33.7. The molecule has 2 aromatic heterocycles. The summed E-state index contributed by atoms with van der Waals surface area (Å²) in [6.45, 7) is 8.36. The summed E-state index contributed by atoms with van der Waals surface area (Å²) < 4.78 is 6.09. The summed E-state index contributed by atoms with van der Waals surface area (Å²) in [6.07, 6.45) is 9.81. The number of anilines is 1. The lowest BCUT2D eigenvalue weighted by molar-refractivity contribution is 0.0989. The monoisotopic (exact) mass is 618 g/mol. The molecule has 1 saturated carbocycles. The van der Waals surface area contributed by atoms with Gasteiger partial charge < -0.3 is 24.6 Å². The highest BCUT2D eigenvalue weighted by Crippen LogP contribution is 2.43. The molecular formula is C37H42N6O3. The predicted molar refractivity (Wildman–Crippen MR) is 180 cm³/mol. The second kappa shape index (κ2) is 12.3. The van der Waals surface area contributed by atoms with Gasteiger partial charge in [-0.1, -0.05) is 31.2 Å². The zero-order valence-electron chi connectivity index (χ0n) is 26.5. The van der Waals surface area contributed by atoms with Crippen LogP contribution in [0.5, 0.6) is 5.75 Å². The Balaban J connectivity index is 1.08. The van der Waals surface area contributed by atoms with Gasteiger partial charge in [0.05, 0.1) is 30.1 Å². The van der Waals surface area contributed by atoms with E-state index in [0.29, 0.717) is 47.7 Å². The number of aromatic nitrogens is 3. The molecule has 4 aliphatic rings. The van der Waals surface area contributed by atoms with Crippen molar-refractivity contribution in [3.05, 3.63) is 77.3 Å². The number of H-pyrrole nitrogens is 1. The number of carbonyl (C=O) groups is 1. The molecule has 0 atom stereocenters. The van der Waals surface area contributed by atoms with Crippen molar-refractivity contribution >= 4 is 28.2 Å². The molecule has 5 heterocycles. The van der Waals surface area contributed by atoms with Crippen LogP contribution in [0.2, 0.25) is 0 Å². The Hall–Kier alpha value is -4.05. The fourth-order valence-corrected chi connectivity index (χ4v) is 7.63. The predicted octanol–water partition coefficient (Wildman–Crippen LogP) is 5.61. The molecule has 2 aromatic carbocycles. The summed E-state index contributed by atoms with van der Waals surface area (Å²) in [5.74, 6) is 1.11. The van der Waals surface area contributed by atoms with E-state index in [2.05, 4.69) is 44.9 Å². The van der Waals surface area contributed by atoms with Crippen LogP contribution in [-0.4, -0.2) is 87.7 Å². The highest BCUT2D eigenvalue weighted by molar-refractivity contribution is 6.09. The van der Waals surface area contributed by atoms with Crippen LogP contribution in [-0.2, 0) is 6.61 Å². The number of amides is 1. The quantitative estimate of drug-likeness (QED) is 0.278. The number of aromatic amines is 1. The first-order valence-electron chi connectivity index (χ1n) is 16.9. The Morgan fingerprint density at radius 2 is 1.87 bits per heavy atom. The first kappa shape index (κ1) is 29.4. The number of ether oxygens (including phenoxy) is 1. The molecule has 1 saturated heterocycles. The lowest BCUT2D eigenvalue weighted by Crippen LogP contribution is -2.46. The molecule has 0 unspecified atom stereocenters. The van der Waals surface area contributed by atoms with Crippen LogP contribution in [0.25, 0.3) is 27.9 Å². The van der Waals surface area contributed by atoms with Crippen LogP contribution in [0.3, 0.4) is 0 Å². The Morgan fingerprint density at radius 1 is 1.00 bits per heavy atom. The summed E-state index contributed by atoms with van der Waals surface area (Å²) >= 11 is 0. The molecular weight excluding hydrogens is 576 g/mol. The van der Waals surface area contributed by atoms with Gasteiger partial charge in [0.1, 0.15) is 24.3 Å². The third kappa shape index (κ3) is 5.40. The molecule has 1 aliphatic carbocycles. The average molecular weight is 619 g/mol. The van der Waals surface area contributed by atoms with Gasteiger partial charge in [-0.3, -0.25) is 9.69 Å². The first-order valence-corrected chi connectivity index (χ1v) is 16.9. The number of benzene rings is 2. The molecule has 4 aromatic rings. The smallest absolute Gasteiger partial charge is 0.262 e. The summed E-state index contributed by atoms with van der Waals surface area (Å²) in [5.41, 5.74) is 7.82. The van der Waals surface area contributed by atoms with E-state index < -0.39 is 0 Å². The minimum atomic E-state index is -0.232. The maximum atomic E-state index is 13.9. The molecule has 0 bridgehead atoms. The molecule has 2 N–H and O–H groups in total. The fourth-order valence-electron chi connectivity index (χ4n) is 7.63. The molecule has 8 rings (SSSR count). The van der Waals surface area contributed by atoms with Gasteiger partial charge in [0.15, 0.2) is 0 Å². The molecule has 3 aliphatic heterocycles. The third-order valence-corrected chi connectivity index (χ3v) is 10.5. The van der Waals surface area contributed by atoms with Crippen molar-refractivity contribution in [3.63, 3.8) is 0 Å². The van der Waals surface area contributed by atoms with Crippen molar-refractivity contribution in [2.24, 2.45) is 0 Å². The van der Waals surface area contributed by atoms with Crippen molar-refractivity contribution in [1.29, 1.82) is 0 Å². The Morgan fingerprint density at radius 3 is 2.63 bits per heavy atom. The molecule has 9 heteroatoms. The lowest BCUT2D eigenvalue weighted by Gasteiger charge is -2.39. The zero-order chi connectivity index (χ0) is 31.2. The Labute approximate surface area is 269 Å². The second-order valence-corrected chi connectivity index (χ2v) is 13.1. The number of likely N-dealkylation sites (tertiary alicyclic amines) is 1. The largest absolute Gasteiger partial charge is 0.491 e. The molecule has 238 valence electrons. The average Bonchev–Trinajstić information content (AvgIpc) is 3.89. The van der Waals surface area contributed by atoms with Crippen molar-refractivity contribution in [1.82, 2.24) is 24.8 Å². The standard InChI is InChI=1S/C37H42N6O3/c1-2-41-14-12-27(13-15-41)42-16-10-25(11-17-42)32-21-30-35(38-23-39-36(30)40-32)28-4-3-5-33(31(28)22-44)43-18-19-46-34-20-26(24-6-7-24)8-9-29(34)37(43)45/h3-5,8-10,20-21,23-24,27,44H,2,6-7,11-19,22H2,1H3,(H,38,39,40). The highest BCUT2D eigenvalue weighted by Gasteiger charge is 2.31. The molecule has 0 radical (unpaired) electrons. The van der Waals surface area contributed by atoms with Crippen molar-refractivity contribution in [3.8, 4) is 17.0 Å². The third-order valence-electron chi connectivity index (χ3n) is 10.5. The summed E-state index contributed by atoms with van der Waals surface area (Å²) in [7, 11) is 0. The molecule has 9 nitrogen and oxygen atoms in total. The number of piperidine rings is 1. The van der Waals surface area contributed by atoms with Crippen LogP contribution >= 0.6 is 0 Å². The number of aliphatic hydroxyl groups excluding tert-OH is 1. The number of nitrogens with zero attached hydrogens (tertiary/aromatic N) is 5. The van der Waals surface area contributed by atoms with Crippen LogP contribution in [0.1, 0.15) is 72.1 Å². The summed E-state index contributed by atoms with van der Waals surface area (Å²) in [6, 6.07) is 14.6. The van der Waals surface area contributed by atoms with Crippen LogP contribution in [0.4, 0.5) is 5.69 Å². The topological polar surface area (TPSA) is 97.8 Å². The summed E-state index contributed by atoms with van der Waals surface area (Å²) in [5, 5.41) is 11.7. The van der Waals surface area contributed by atoms with Gasteiger partial charge in [0.25, 0.3) is 5.91 Å². The lowest BCUT2D eigenvalue weighted by atomic mass is 9.97. The zero-order valence-corrected chi connectivity index (χ0v) is 26.5. The number of fused-ring (bicyclic) bond motifs is 2. The molecule has 46 heavy (non-hydrogen) atoms. The van der Waals surface area contributed by atoms with Gasteiger partial charge in [-0.15, -0.1) is 0 Å². The van der Waals surface area contributed by atoms with Gasteiger partial charge >= 0.3 is 0 Å². The number of nitrogens with one attached hydrogen (secondary N) is 1. The second-order valence-electron chi connectivity index (χ2n) is 13.1. The fraction of sp³-hybridized carbons (Fsp3) is 0.432. The normalized spacial score (nSPS) is 20.0.